The molecule has 9 heteroatoms. The van der Waals surface area contributed by atoms with Gasteiger partial charge in [0.25, 0.3) is 5.91 Å². The number of phenolic OH excluding ortho intramolecular Hbond substituents is 1. The van der Waals surface area contributed by atoms with Gasteiger partial charge >= 0.3 is 6.03 Å². The van der Waals surface area contributed by atoms with Crippen LogP contribution in [0.1, 0.15) is 51.9 Å². The molecule has 0 aromatic heterocycles. The van der Waals surface area contributed by atoms with Crippen LogP contribution in [-0.2, 0) is 19.5 Å². The van der Waals surface area contributed by atoms with Gasteiger partial charge < -0.3 is 15.7 Å². The van der Waals surface area contributed by atoms with Crippen LogP contribution in [0.4, 0.5) is 10.5 Å². The number of fused-ring (bicyclic) bond motifs is 1. The van der Waals surface area contributed by atoms with E-state index in [-0.39, 0.29) is 30.1 Å². The van der Waals surface area contributed by atoms with Crippen molar-refractivity contribution in [2.75, 3.05) is 25.0 Å². The number of hydrazone groups is 1. The SMILES string of the molecule is CN(Cc1ccccc1)C(=O)c1ccc2c(c1)N(Cc1ccc(-c3ccccc3)cc1)C(=O)N(CCCCN)N=C2CCc1ccc(O)cc1.Cl. The van der Waals surface area contributed by atoms with Crippen molar-refractivity contribution in [3.05, 3.63) is 155 Å². The van der Waals surface area contributed by atoms with Crippen molar-refractivity contribution in [1.29, 1.82) is 0 Å². The molecule has 8 nitrogen and oxygen atoms in total. The van der Waals surface area contributed by atoms with Crippen LogP contribution in [0.15, 0.2) is 132 Å². The van der Waals surface area contributed by atoms with Crippen molar-refractivity contribution in [2.45, 2.75) is 38.8 Å². The zero-order valence-electron chi connectivity index (χ0n) is 28.8. The van der Waals surface area contributed by atoms with Crippen molar-refractivity contribution < 1.29 is 14.7 Å². The molecule has 1 aliphatic heterocycles. The Morgan fingerprint density at radius 3 is 2.10 bits per heavy atom. The highest BCUT2D eigenvalue weighted by Gasteiger charge is 2.31. The van der Waals surface area contributed by atoms with Gasteiger partial charge in [-0.15, -0.1) is 12.4 Å². The Morgan fingerprint density at radius 1 is 0.765 bits per heavy atom. The van der Waals surface area contributed by atoms with E-state index in [1.165, 1.54) is 0 Å². The summed E-state index contributed by atoms with van der Waals surface area (Å²) in [5, 5.41) is 16.4. The second-order valence-electron chi connectivity index (χ2n) is 12.6. The molecule has 0 atom stereocenters. The summed E-state index contributed by atoms with van der Waals surface area (Å²) < 4.78 is 0. The molecule has 6 rings (SSSR count). The molecule has 0 saturated heterocycles. The number of carbonyl (C=O) groups is 2. The minimum atomic E-state index is -0.253. The number of phenols is 1. The highest BCUT2D eigenvalue weighted by molar-refractivity contribution is 6.12. The molecular weight excluding hydrogens is 658 g/mol. The van der Waals surface area contributed by atoms with E-state index < -0.39 is 0 Å². The van der Waals surface area contributed by atoms with Crippen molar-refractivity contribution in [2.24, 2.45) is 10.8 Å². The fraction of sp³-hybridized carbons (Fsp3) is 0.214. The fourth-order valence-electron chi connectivity index (χ4n) is 6.20. The van der Waals surface area contributed by atoms with Crippen LogP contribution in [0.2, 0.25) is 0 Å². The normalized spacial score (nSPS) is 12.4. The second-order valence-corrected chi connectivity index (χ2v) is 12.6. The topological polar surface area (TPSA) is 102 Å². The molecule has 1 aliphatic rings. The molecule has 0 radical (unpaired) electrons. The second kappa shape index (κ2) is 17.5. The van der Waals surface area contributed by atoms with Gasteiger partial charge in [0.1, 0.15) is 5.75 Å². The standard InChI is InChI=1S/C42H43N5O3.ClH/c1-45(29-32-10-4-2-5-11-32)41(49)36-21-24-38-39(25-18-31-16-22-37(48)23-17-31)44-47(27-9-8-26-43)42(50)46(40(38)28-36)30-33-14-19-35(20-15-33)34-12-6-3-7-13-34;/h2-7,10-17,19-24,28,48H,8-9,18,25-27,29-30,43H2,1H3;1H. The molecule has 3 N–H and O–H groups in total. The van der Waals surface area contributed by atoms with Crippen molar-refractivity contribution >= 4 is 35.7 Å². The minimum absolute atomic E-state index is 0. The summed E-state index contributed by atoms with van der Waals surface area (Å²) in [7, 11) is 1.79. The van der Waals surface area contributed by atoms with Crippen LogP contribution in [0.25, 0.3) is 11.1 Å². The van der Waals surface area contributed by atoms with Gasteiger partial charge in [0.15, 0.2) is 0 Å². The largest absolute Gasteiger partial charge is 0.508 e. The summed E-state index contributed by atoms with van der Waals surface area (Å²) in [4.78, 5) is 31.8. The van der Waals surface area contributed by atoms with Gasteiger partial charge in [-0.1, -0.05) is 103 Å². The number of halogens is 1. The quantitative estimate of drug-likeness (QED) is 0.121. The first kappa shape index (κ1) is 36.8. The third-order valence-electron chi connectivity index (χ3n) is 8.96. The molecule has 5 aromatic rings. The Morgan fingerprint density at radius 2 is 1.41 bits per heavy atom. The maximum absolute atomic E-state index is 14.5. The Bertz CT molecular complexity index is 1930. The van der Waals surface area contributed by atoms with Crippen LogP contribution in [0.3, 0.4) is 0 Å². The summed E-state index contributed by atoms with van der Waals surface area (Å²) in [6.45, 7) is 1.70. The number of aryl methyl sites for hydroxylation is 1. The zero-order chi connectivity index (χ0) is 34.9. The first-order valence-corrected chi connectivity index (χ1v) is 17.1. The van der Waals surface area contributed by atoms with Gasteiger partial charge in [-0.3, -0.25) is 9.69 Å². The number of benzene rings is 5. The van der Waals surface area contributed by atoms with Gasteiger partial charge in [0, 0.05) is 31.3 Å². The van der Waals surface area contributed by atoms with E-state index in [1.807, 2.05) is 91.0 Å². The number of urea groups is 1. The van der Waals surface area contributed by atoms with Crippen LogP contribution in [-0.4, -0.2) is 52.8 Å². The van der Waals surface area contributed by atoms with Crippen LogP contribution in [0.5, 0.6) is 5.75 Å². The van der Waals surface area contributed by atoms with Gasteiger partial charge in [-0.25, -0.2) is 9.80 Å². The number of aromatic hydroxyl groups is 1. The van der Waals surface area contributed by atoms with Gasteiger partial charge in [-0.2, -0.15) is 5.10 Å². The van der Waals surface area contributed by atoms with E-state index in [0.717, 1.165) is 45.5 Å². The molecule has 0 aliphatic carbocycles. The average molecular weight is 702 g/mol. The number of rotatable bonds is 13. The lowest BCUT2D eigenvalue weighted by Gasteiger charge is -2.27. The molecule has 3 amide bonds. The highest BCUT2D eigenvalue weighted by atomic mass is 35.5. The molecule has 0 fully saturated rings. The van der Waals surface area contributed by atoms with E-state index in [0.29, 0.717) is 56.7 Å². The zero-order valence-corrected chi connectivity index (χ0v) is 29.6. The number of anilines is 1. The number of nitrogens with zero attached hydrogens (tertiary/aromatic N) is 4. The first-order chi connectivity index (χ1) is 24.4. The molecule has 0 unspecified atom stereocenters. The van der Waals surface area contributed by atoms with Crippen LogP contribution in [0, 0.1) is 0 Å². The van der Waals surface area contributed by atoms with Crippen molar-refractivity contribution in [3.8, 4) is 16.9 Å². The molecule has 5 aromatic carbocycles. The van der Waals surface area contributed by atoms with Crippen LogP contribution >= 0.6 is 12.4 Å². The Kier molecular flexibility index (Phi) is 12.6. The monoisotopic (exact) mass is 701 g/mol. The van der Waals surface area contributed by atoms with E-state index >= 15 is 0 Å². The first-order valence-electron chi connectivity index (χ1n) is 17.1. The third-order valence-corrected chi connectivity index (χ3v) is 8.96. The number of carbonyl (C=O) groups excluding carboxylic acids is 2. The van der Waals surface area contributed by atoms with E-state index in [9.17, 15) is 14.7 Å². The predicted molar refractivity (Wildman–Crippen MR) is 207 cm³/mol. The Balaban J connectivity index is 0.00000504. The lowest BCUT2D eigenvalue weighted by atomic mass is 9.98. The summed E-state index contributed by atoms with van der Waals surface area (Å²) in [5.74, 6) is 0.0762. The van der Waals surface area contributed by atoms with Crippen molar-refractivity contribution in [1.82, 2.24) is 9.91 Å². The van der Waals surface area contributed by atoms with Gasteiger partial charge in [-0.05, 0) is 84.3 Å². The molecule has 0 saturated carbocycles. The summed E-state index contributed by atoms with van der Waals surface area (Å²) >= 11 is 0. The molecule has 0 bridgehead atoms. The predicted octanol–water partition coefficient (Wildman–Crippen LogP) is 8.27. The molecule has 51 heavy (non-hydrogen) atoms. The smallest absolute Gasteiger partial charge is 0.345 e. The Hall–Kier alpha value is -5.44. The lowest BCUT2D eigenvalue weighted by molar-refractivity contribution is 0.0785. The van der Waals surface area contributed by atoms with E-state index in [1.54, 1.807) is 34.0 Å². The van der Waals surface area contributed by atoms with Gasteiger partial charge in [0.2, 0.25) is 0 Å². The summed E-state index contributed by atoms with van der Waals surface area (Å²) in [5.41, 5.74) is 13.8. The van der Waals surface area contributed by atoms with E-state index in [4.69, 9.17) is 10.8 Å². The number of nitrogens with two attached hydrogens (primary N) is 1. The maximum Gasteiger partial charge on any atom is 0.345 e. The maximum atomic E-state index is 14.5. The summed E-state index contributed by atoms with van der Waals surface area (Å²) in [6.07, 6.45) is 2.69. The number of hydrogen-bond donors (Lipinski definition) is 2. The van der Waals surface area contributed by atoms with E-state index in [2.05, 4.69) is 24.3 Å². The van der Waals surface area contributed by atoms with Crippen LogP contribution < -0.4 is 10.6 Å². The highest BCUT2D eigenvalue weighted by Crippen LogP contribution is 2.32. The molecular formula is C42H44ClN5O3. The number of unbranched alkanes of at least 4 members (excludes halogenated alkanes) is 1. The lowest BCUT2D eigenvalue weighted by Crippen LogP contribution is -2.40. The Labute approximate surface area is 306 Å². The fourth-order valence-corrected chi connectivity index (χ4v) is 6.20. The van der Waals surface area contributed by atoms with Gasteiger partial charge in [0.05, 0.1) is 17.9 Å². The molecule has 1 heterocycles. The average Bonchev–Trinajstić information content (AvgIpc) is 3.25. The third kappa shape index (κ3) is 9.22. The molecule has 262 valence electrons. The molecule has 0 spiro atoms. The van der Waals surface area contributed by atoms with Crippen molar-refractivity contribution in [3.63, 3.8) is 0 Å². The summed E-state index contributed by atoms with van der Waals surface area (Å²) in [6, 6.07) is 40.8. The number of amides is 3. The number of hydrogen-bond acceptors (Lipinski definition) is 5. The minimum Gasteiger partial charge on any atom is -0.508 e.